The van der Waals surface area contributed by atoms with Crippen LogP contribution in [0, 0.1) is 0 Å². The van der Waals surface area contributed by atoms with Crippen LogP contribution in [-0.4, -0.2) is 31.6 Å². The summed E-state index contributed by atoms with van der Waals surface area (Å²) in [5.41, 5.74) is 0.0662. The Hall–Kier alpha value is -2.75. The predicted molar refractivity (Wildman–Crippen MR) is 108 cm³/mol. The number of amides is 2. The number of hydrogen-bond donors (Lipinski definition) is 1. The van der Waals surface area contributed by atoms with Crippen molar-refractivity contribution in [2.75, 3.05) is 11.6 Å². The Balaban J connectivity index is 2.17. The maximum Gasteiger partial charge on any atom is 0.416 e. The first-order valence-corrected chi connectivity index (χ1v) is 10.9. The molecule has 2 rings (SSSR count). The molecule has 0 spiro atoms. The van der Waals surface area contributed by atoms with Crippen molar-refractivity contribution in [2.45, 2.75) is 39.0 Å². The lowest BCUT2D eigenvalue weighted by Gasteiger charge is -2.29. The highest BCUT2D eigenvalue weighted by Crippen LogP contribution is 2.30. The van der Waals surface area contributed by atoms with E-state index < -0.39 is 27.9 Å². The third kappa shape index (κ3) is 6.94. The fourth-order valence-corrected chi connectivity index (χ4v) is 3.11. The van der Waals surface area contributed by atoms with Crippen molar-refractivity contribution in [2.24, 2.45) is 0 Å². The fourth-order valence-electron chi connectivity index (χ4n) is 2.65. The van der Waals surface area contributed by atoms with Gasteiger partial charge in [-0.15, -0.1) is 0 Å². The second-order valence-corrected chi connectivity index (χ2v) is 8.40. The van der Waals surface area contributed by atoms with Crippen LogP contribution in [0.5, 0.6) is 5.75 Å². The smallest absolute Gasteiger partial charge is 0.383 e. The van der Waals surface area contributed by atoms with Crippen LogP contribution in [0.2, 0.25) is 0 Å². The molecule has 1 N–H and O–H groups in total. The largest absolute Gasteiger partial charge is 0.416 e. The number of carbonyl (C=O) groups excluding carboxylic acids is 1. The van der Waals surface area contributed by atoms with Gasteiger partial charge in [0.1, 0.15) is 5.75 Å². The van der Waals surface area contributed by atoms with Crippen LogP contribution < -0.4 is 9.50 Å². The molecule has 1 unspecified atom stereocenters. The monoisotopic (exact) mass is 444 g/mol. The zero-order valence-corrected chi connectivity index (χ0v) is 17.5. The van der Waals surface area contributed by atoms with Crippen molar-refractivity contribution in [1.82, 2.24) is 4.90 Å². The van der Waals surface area contributed by atoms with Crippen LogP contribution in [0.4, 0.5) is 23.7 Å². The number of halogens is 3. The minimum atomic E-state index is -4.45. The van der Waals surface area contributed by atoms with E-state index in [1.54, 1.807) is 12.1 Å². The summed E-state index contributed by atoms with van der Waals surface area (Å²) in [4.78, 5) is 14.3. The molecule has 0 bridgehead atoms. The number of carbonyl (C=O) groups is 1. The zero-order chi connectivity index (χ0) is 22.5. The van der Waals surface area contributed by atoms with Crippen molar-refractivity contribution in [3.05, 3.63) is 59.7 Å². The first-order chi connectivity index (χ1) is 13.9. The number of anilines is 1. The maximum absolute atomic E-state index is 12.8. The van der Waals surface area contributed by atoms with Crippen molar-refractivity contribution >= 4 is 21.8 Å². The molecule has 0 aliphatic heterocycles. The van der Waals surface area contributed by atoms with Crippen LogP contribution in [0.1, 0.15) is 31.4 Å². The average Bonchev–Trinajstić information content (AvgIpc) is 2.64. The highest BCUT2D eigenvalue weighted by molar-refractivity contribution is 7.86. The predicted octanol–water partition coefficient (Wildman–Crippen LogP) is 4.88. The molecule has 0 aliphatic carbocycles. The summed E-state index contributed by atoms with van der Waals surface area (Å²) in [5, 5.41) is 2.60. The van der Waals surface area contributed by atoms with Gasteiger partial charge in [0.25, 0.3) is 0 Å². The molecule has 2 aromatic carbocycles. The summed E-state index contributed by atoms with van der Waals surface area (Å²) in [6.07, 6.45) is -2.88. The standard InChI is InChI=1S/C20H23F3N2O4S/c1-4-14(2)25(13-15-6-5-7-18(12-15)29-30(3,27)28)19(26)24-17-10-8-16(9-11-17)20(21,22)23/h5-12,14H,4,13H2,1-3H3,(H,24,26). The van der Waals surface area contributed by atoms with E-state index in [0.29, 0.717) is 12.0 Å². The normalized spacial score (nSPS) is 12.9. The molecule has 0 radical (unpaired) electrons. The molecular formula is C20H23F3N2O4S. The van der Waals surface area contributed by atoms with Crippen molar-refractivity contribution in [3.63, 3.8) is 0 Å². The molecule has 2 amide bonds. The summed E-state index contributed by atoms with van der Waals surface area (Å²) in [6.45, 7) is 3.89. The van der Waals surface area contributed by atoms with Gasteiger partial charge in [-0.1, -0.05) is 19.1 Å². The Morgan fingerprint density at radius 2 is 1.80 bits per heavy atom. The third-order valence-corrected chi connectivity index (χ3v) is 4.84. The number of urea groups is 1. The Morgan fingerprint density at radius 1 is 1.17 bits per heavy atom. The van der Waals surface area contributed by atoms with Gasteiger partial charge in [-0.05, 0) is 55.3 Å². The number of nitrogens with one attached hydrogen (secondary N) is 1. The highest BCUT2D eigenvalue weighted by atomic mass is 32.2. The molecule has 6 nitrogen and oxygen atoms in total. The van der Waals surface area contributed by atoms with E-state index in [1.165, 1.54) is 29.2 Å². The van der Waals surface area contributed by atoms with E-state index in [0.717, 1.165) is 18.4 Å². The first-order valence-electron chi connectivity index (χ1n) is 9.12. The molecule has 0 fully saturated rings. The van der Waals surface area contributed by atoms with Gasteiger partial charge in [-0.3, -0.25) is 0 Å². The van der Waals surface area contributed by atoms with Gasteiger partial charge in [-0.25, -0.2) is 4.79 Å². The SMILES string of the molecule is CCC(C)N(Cc1cccc(OS(C)(=O)=O)c1)C(=O)Nc1ccc(C(F)(F)F)cc1. The van der Waals surface area contributed by atoms with E-state index in [2.05, 4.69) is 5.32 Å². The van der Waals surface area contributed by atoms with E-state index in [4.69, 9.17) is 4.18 Å². The van der Waals surface area contributed by atoms with E-state index >= 15 is 0 Å². The number of hydrogen-bond acceptors (Lipinski definition) is 4. The number of rotatable bonds is 7. The van der Waals surface area contributed by atoms with Gasteiger partial charge in [0.2, 0.25) is 0 Å². The molecule has 10 heteroatoms. The lowest BCUT2D eigenvalue weighted by atomic mass is 10.1. The zero-order valence-electron chi connectivity index (χ0n) is 16.7. The van der Waals surface area contributed by atoms with Crippen molar-refractivity contribution < 1.29 is 30.6 Å². The van der Waals surface area contributed by atoms with Gasteiger partial charge >= 0.3 is 22.3 Å². The summed E-state index contributed by atoms with van der Waals surface area (Å²) in [5.74, 6) is 0.127. The molecule has 30 heavy (non-hydrogen) atoms. The number of benzene rings is 2. The van der Waals surface area contributed by atoms with Gasteiger partial charge in [0, 0.05) is 18.3 Å². The quantitative estimate of drug-likeness (QED) is 0.618. The van der Waals surface area contributed by atoms with Crippen LogP contribution in [0.25, 0.3) is 0 Å². The Morgan fingerprint density at radius 3 is 2.33 bits per heavy atom. The molecule has 0 aromatic heterocycles. The van der Waals surface area contributed by atoms with Gasteiger partial charge < -0.3 is 14.4 Å². The van der Waals surface area contributed by atoms with Crippen LogP contribution in [-0.2, 0) is 22.8 Å². The van der Waals surface area contributed by atoms with E-state index in [9.17, 15) is 26.4 Å². The van der Waals surface area contributed by atoms with Gasteiger partial charge in [0.05, 0.1) is 11.8 Å². The number of alkyl halides is 3. The summed E-state index contributed by atoms with van der Waals surface area (Å²) in [7, 11) is -3.69. The summed E-state index contributed by atoms with van der Waals surface area (Å²) in [6, 6.07) is 9.84. The highest BCUT2D eigenvalue weighted by Gasteiger charge is 2.30. The van der Waals surface area contributed by atoms with Crippen LogP contribution in [0.3, 0.4) is 0 Å². The lowest BCUT2D eigenvalue weighted by molar-refractivity contribution is -0.137. The first kappa shape index (κ1) is 23.5. The second kappa shape index (κ2) is 9.38. The molecule has 164 valence electrons. The Kier molecular flexibility index (Phi) is 7.35. The lowest BCUT2D eigenvalue weighted by Crippen LogP contribution is -2.40. The molecular weight excluding hydrogens is 421 g/mol. The molecule has 2 aromatic rings. The molecule has 0 aliphatic rings. The van der Waals surface area contributed by atoms with Gasteiger partial charge in [0.15, 0.2) is 0 Å². The van der Waals surface area contributed by atoms with E-state index in [-0.39, 0.29) is 24.0 Å². The molecule has 0 heterocycles. The fraction of sp³-hybridized carbons (Fsp3) is 0.350. The number of nitrogens with zero attached hydrogens (tertiary/aromatic N) is 1. The minimum Gasteiger partial charge on any atom is -0.383 e. The van der Waals surface area contributed by atoms with Gasteiger partial charge in [-0.2, -0.15) is 21.6 Å². The van der Waals surface area contributed by atoms with Crippen molar-refractivity contribution in [1.29, 1.82) is 0 Å². The molecule has 1 atom stereocenters. The summed E-state index contributed by atoms with van der Waals surface area (Å²) < 4.78 is 65.6. The van der Waals surface area contributed by atoms with Crippen LogP contribution in [0.15, 0.2) is 48.5 Å². The van der Waals surface area contributed by atoms with E-state index in [1.807, 2.05) is 13.8 Å². The second-order valence-electron chi connectivity index (χ2n) is 6.83. The van der Waals surface area contributed by atoms with Crippen LogP contribution >= 0.6 is 0 Å². The maximum atomic E-state index is 12.8. The van der Waals surface area contributed by atoms with Crippen molar-refractivity contribution in [3.8, 4) is 5.75 Å². The third-order valence-electron chi connectivity index (χ3n) is 4.35. The molecule has 0 saturated heterocycles. The Bertz CT molecular complexity index is 976. The minimum absolute atomic E-state index is 0.127. The Labute approximate surface area is 173 Å². The topological polar surface area (TPSA) is 75.7 Å². The average molecular weight is 444 g/mol. The summed E-state index contributed by atoms with van der Waals surface area (Å²) >= 11 is 0. The molecule has 0 saturated carbocycles.